The van der Waals surface area contributed by atoms with Gasteiger partial charge in [0.25, 0.3) is 5.56 Å². The van der Waals surface area contributed by atoms with E-state index < -0.39 is 0 Å². The van der Waals surface area contributed by atoms with Crippen molar-refractivity contribution in [2.75, 3.05) is 5.32 Å². The smallest absolute Gasteiger partial charge is 0.260 e. The summed E-state index contributed by atoms with van der Waals surface area (Å²) in [6, 6.07) is 23.5. The minimum absolute atomic E-state index is 0.130. The number of hydrogen-bond donors (Lipinski definition) is 1. The van der Waals surface area contributed by atoms with Crippen molar-refractivity contribution in [2.24, 2.45) is 7.05 Å². The topological polar surface area (TPSA) is 77.6 Å². The molecule has 1 aliphatic rings. The number of carbonyl (C=O) groups excluding carboxylic acids is 1. The van der Waals surface area contributed by atoms with E-state index in [0.717, 1.165) is 27.9 Å². The number of para-hydroxylation sites is 2. The summed E-state index contributed by atoms with van der Waals surface area (Å²) in [5.41, 5.74) is 5.20. The molecule has 7 nitrogen and oxygen atoms in total. The lowest BCUT2D eigenvalue weighted by atomic mass is 9.86. The standard InChI is InChI=1S/C28H24N4O3/c1-17-6-5-7-18(14-17)16-35-20-12-10-19(11-13-20)21-15-24(33)30-26-25(21)27(34)31(2)28-29-22-8-3-4-9-23(22)32(26)28/h3-14,21H,15-16H2,1-2H3,(H,30,33)/t21-/m1/s1. The van der Waals surface area contributed by atoms with Gasteiger partial charge in [0, 0.05) is 19.4 Å². The van der Waals surface area contributed by atoms with Gasteiger partial charge < -0.3 is 10.1 Å². The predicted octanol–water partition coefficient (Wildman–Crippen LogP) is 4.55. The second-order valence-electron chi connectivity index (χ2n) is 9.01. The molecule has 0 saturated heterocycles. The van der Waals surface area contributed by atoms with Gasteiger partial charge in [-0.2, -0.15) is 0 Å². The first-order valence-electron chi connectivity index (χ1n) is 11.6. The molecule has 174 valence electrons. The number of nitrogens with one attached hydrogen (secondary N) is 1. The van der Waals surface area contributed by atoms with E-state index in [9.17, 15) is 9.59 Å². The predicted molar refractivity (Wildman–Crippen MR) is 135 cm³/mol. The second-order valence-corrected chi connectivity index (χ2v) is 9.01. The zero-order valence-electron chi connectivity index (χ0n) is 19.5. The van der Waals surface area contributed by atoms with Gasteiger partial charge in [-0.05, 0) is 42.3 Å². The summed E-state index contributed by atoms with van der Waals surface area (Å²) in [4.78, 5) is 30.9. The monoisotopic (exact) mass is 464 g/mol. The van der Waals surface area contributed by atoms with Crippen molar-refractivity contribution in [3.8, 4) is 5.75 Å². The summed E-state index contributed by atoms with van der Waals surface area (Å²) in [7, 11) is 1.72. The Hall–Kier alpha value is -4.39. The van der Waals surface area contributed by atoms with E-state index in [-0.39, 0.29) is 23.8 Å². The van der Waals surface area contributed by atoms with E-state index in [4.69, 9.17) is 4.74 Å². The number of ether oxygens (including phenoxy) is 1. The van der Waals surface area contributed by atoms with Crippen molar-refractivity contribution in [3.63, 3.8) is 0 Å². The quantitative estimate of drug-likeness (QED) is 0.423. The number of benzene rings is 3. The lowest BCUT2D eigenvalue weighted by Crippen LogP contribution is -2.35. The van der Waals surface area contributed by atoms with Crippen LogP contribution in [0.25, 0.3) is 16.8 Å². The van der Waals surface area contributed by atoms with Crippen LogP contribution in [0.2, 0.25) is 0 Å². The Labute approximate surface area is 201 Å². The summed E-state index contributed by atoms with van der Waals surface area (Å²) in [5.74, 6) is 1.23. The van der Waals surface area contributed by atoms with Crippen LogP contribution in [0, 0.1) is 6.92 Å². The van der Waals surface area contributed by atoms with Gasteiger partial charge in [-0.1, -0.05) is 54.1 Å². The van der Waals surface area contributed by atoms with Gasteiger partial charge in [-0.25, -0.2) is 4.98 Å². The first-order valence-corrected chi connectivity index (χ1v) is 11.6. The zero-order valence-corrected chi connectivity index (χ0v) is 19.5. The van der Waals surface area contributed by atoms with Gasteiger partial charge in [0.05, 0.1) is 16.6 Å². The lowest BCUT2D eigenvalue weighted by molar-refractivity contribution is -0.116. The molecule has 0 saturated carbocycles. The van der Waals surface area contributed by atoms with E-state index in [1.807, 2.05) is 65.1 Å². The van der Waals surface area contributed by atoms with Gasteiger partial charge in [0.15, 0.2) is 0 Å². The normalized spacial score (nSPS) is 15.3. The van der Waals surface area contributed by atoms with Crippen LogP contribution in [0.15, 0.2) is 77.6 Å². The van der Waals surface area contributed by atoms with Crippen LogP contribution in [0.3, 0.4) is 0 Å². The van der Waals surface area contributed by atoms with Crippen molar-refractivity contribution in [3.05, 3.63) is 105 Å². The van der Waals surface area contributed by atoms with E-state index >= 15 is 0 Å². The molecule has 35 heavy (non-hydrogen) atoms. The fourth-order valence-corrected chi connectivity index (χ4v) is 4.91. The van der Waals surface area contributed by atoms with Gasteiger partial charge in [0.2, 0.25) is 11.7 Å². The molecule has 1 atom stereocenters. The number of aromatic nitrogens is 3. The number of anilines is 1. The molecule has 6 rings (SSSR count). The summed E-state index contributed by atoms with van der Waals surface area (Å²) < 4.78 is 9.39. The van der Waals surface area contributed by atoms with E-state index in [1.54, 1.807) is 11.6 Å². The fraction of sp³-hybridized carbons (Fsp3) is 0.179. The summed E-state index contributed by atoms with van der Waals surface area (Å²) in [5, 5.41) is 2.95. The highest BCUT2D eigenvalue weighted by Crippen LogP contribution is 2.37. The second kappa shape index (κ2) is 8.13. The number of amides is 1. The minimum Gasteiger partial charge on any atom is -0.489 e. The first kappa shape index (κ1) is 21.2. The van der Waals surface area contributed by atoms with Crippen LogP contribution in [-0.2, 0) is 18.4 Å². The summed E-state index contributed by atoms with van der Waals surface area (Å²) in [6.07, 6.45) is 0.198. The SMILES string of the molecule is Cc1cccc(COc2ccc([C@H]3CC(=O)Nc4c3c(=O)n(C)c3nc5ccccc5n43)cc2)c1. The van der Waals surface area contributed by atoms with Crippen LogP contribution in [0.4, 0.5) is 5.82 Å². The molecule has 2 aromatic heterocycles. The molecule has 0 unspecified atom stereocenters. The maximum atomic E-state index is 13.5. The maximum Gasteiger partial charge on any atom is 0.260 e. The maximum absolute atomic E-state index is 13.5. The number of carbonyl (C=O) groups is 1. The van der Waals surface area contributed by atoms with Gasteiger partial charge in [-0.15, -0.1) is 0 Å². The third-order valence-electron chi connectivity index (χ3n) is 6.62. The highest BCUT2D eigenvalue weighted by Gasteiger charge is 2.33. The fourth-order valence-electron chi connectivity index (χ4n) is 4.91. The molecule has 3 heterocycles. The molecule has 5 aromatic rings. The third-order valence-corrected chi connectivity index (χ3v) is 6.62. The largest absolute Gasteiger partial charge is 0.489 e. The number of nitrogens with zero attached hydrogens (tertiary/aromatic N) is 3. The highest BCUT2D eigenvalue weighted by molar-refractivity contribution is 5.96. The Kier molecular flexibility index (Phi) is 4.91. The molecule has 0 bridgehead atoms. The Morgan fingerprint density at radius 3 is 2.63 bits per heavy atom. The van der Waals surface area contributed by atoms with Crippen LogP contribution >= 0.6 is 0 Å². The van der Waals surface area contributed by atoms with Crippen LogP contribution < -0.4 is 15.6 Å². The Morgan fingerprint density at radius 1 is 1.03 bits per heavy atom. The molecule has 7 heteroatoms. The number of hydrogen-bond acceptors (Lipinski definition) is 4. The zero-order chi connectivity index (χ0) is 24.1. The van der Waals surface area contributed by atoms with Crippen molar-refractivity contribution < 1.29 is 9.53 Å². The highest BCUT2D eigenvalue weighted by atomic mass is 16.5. The minimum atomic E-state index is -0.367. The molecule has 0 spiro atoms. The summed E-state index contributed by atoms with van der Waals surface area (Å²) in [6.45, 7) is 2.53. The molecule has 0 aliphatic carbocycles. The molecule has 0 fully saturated rings. The Bertz CT molecular complexity index is 1660. The Morgan fingerprint density at radius 2 is 1.83 bits per heavy atom. The van der Waals surface area contributed by atoms with E-state index in [2.05, 4.69) is 29.4 Å². The van der Waals surface area contributed by atoms with Crippen LogP contribution in [0.1, 0.15) is 34.6 Å². The number of rotatable bonds is 4. The van der Waals surface area contributed by atoms with Gasteiger partial charge in [0.1, 0.15) is 18.2 Å². The number of fused-ring (bicyclic) bond motifs is 5. The average molecular weight is 465 g/mol. The van der Waals surface area contributed by atoms with Crippen molar-refractivity contribution in [1.29, 1.82) is 0 Å². The van der Waals surface area contributed by atoms with E-state index in [0.29, 0.717) is 23.8 Å². The van der Waals surface area contributed by atoms with Gasteiger partial charge >= 0.3 is 0 Å². The molecular weight excluding hydrogens is 440 g/mol. The number of imidazole rings is 1. The van der Waals surface area contributed by atoms with Crippen LogP contribution in [-0.4, -0.2) is 19.9 Å². The number of aryl methyl sites for hydroxylation is 2. The Balaban J connectivity index is 1.40. The molecule has 1 aliphatic heterocycles. The molecule has 1 amide bonds. The first-order chi connectivity index (χ1) is 17.0. The van der Waals surface area contributed by atoms with Crippen molar-refractivity contribution >= 4 is 28.5 Å². The summed E-state index contributed by atoms with van der Waals surface area (Å²) >= 11 is 0. The molecular formula is C28H24N4O3. The van der Waals surface area contributed by atoms with Gasteiger partial charge in [-0.3, -0.25) is 18.6 Å². The third kappa shape index (κ3) is 3.56. The molecule has 0 radical (unpaired) electrons. The molecule has 3 aromatic carbocycles. The average Bonchev–Trinajstić information content (AvgIpc) is 3.26. The van der Waals surface area contributed by atoms with Crippen LogP contribution in [0.5, 0.6) is 5.75 Å². The van der Waals surface area contributed by atoms with E-state index in [1.165, 1.54) is 5.56 Å². The lowest BCUT2D eigenvalue weighted by Gasteiger charge is -2.27. The van der Waals surface area contributed by atoms with Crippen molar-refractivity contribution in [2.45, 2.75) is 25.9 Å². The molecule has 1 N–H and O–H groups in total. The van der Waals surface area contributed by atoms with Crippen molar-refractivity contribution in [1.82, 2.24) is 14.0 Å².